The maximum atomic E-state index is 12.3. The zero-order valence-corrected chi connectivity index (χ0v) is 17.6. The van der Waals surface area contributed by atoms with Crippen molar-refractivity contribution < 1.29 is 18.8 Å². The number of amides is 1. The predicted octanol–water partition coefficient (Wildman–Crippen LogP) is 4.22. The molecule has 1 rings (SSSR count). The van der Waals surface area contributed by atoms with Gasteiger partial charge in [-0.15, -0.1) is 0 Å². The lowest BCUT2D eigenvalue weighted by Gasteiger charge is -2.40. The van der Waals surface area contributed by atoms with Gasteiger partial charge in [-0.1, -0.05) is 20.8 Å². The minimum absolute atomic E-state index is 0.175. The van der Waals surface area contributed by atoms with Gasteiger partial charge in [0.1, 0.15) is 11.9 Å². The van der Waals surface area contributed by atoms with Crippen LogP contribution in [0, 0.1) is 5.92 Å². The maximum Gasteiger partial charge on any atom is 0.410 e. The monoisotopic (exact) mass is 357 g/mol. The minimum atomic E-state index is -1.79. The van der Waals surface area contributed by atoms with E-state index in [4.69, 9.17) is 9.16 Å². The van der Waals surface area contributed by atoms with Gasteiger partial charge in [0.15, 0.2) is 8.32 Å². The fraction of sp³-hybridized carbons (Fsp3) is 0.889. The third-order valence-electron chi connectivity index (χ3n) is 5.02. The summed E-state index contributed by atoms with van der Waals surface area (Å²) >= 11 is 0. The molecule has 24 heavy (non-hydrogen) atoms. The Morgan fingerprint density at radius 3 is 2.25 bits per heavy atom. The van der Waals surface area contributed by atoms with E-state index in [0.29, 0.717) is 25.5 Å². The smallest absolute Gasteiger partial charge is 0.410 e. The number of likely N-dealkylation sites (tertiary alicyclic amines) is 1. The van der Waals surface area contributed by atoms with Gasteiger partial charge in [-0.2, -0.15) is 0 Å². The van der Waals surface area contributed by atoms with E-state index in [1.807, 2.05) is 20.8 Å². The predicted molar refractivity (Wildman–Crippen MR) is 98.7 cm³/mol. The Morgan fingerprint density at radius 1 is 1.21 bits per heavy atom. The first-order valence-corrected chi connectivity index (χ1v) is 11.8. The van der Waals surface area contributed by atoms with Gasteiger partial charge in [-0.25, -0.2) is 4.79 Å². The molecule has 1 heterocycles. The molecule has 6 heteroatoms. The second-order valence-corrected chi connectivity index (χ2v) is 14.1. The highest BCUT2D eigenvalue weighted by Crippen LogP contribution is 2.37. The van der Waals surface area contributed by atoms with Gasteiger partial charge in [0.2, 0.25) is 0 Å². The van der Waals surface area contributed by atoms with Gasteiger partial charge in [0.25, 0.3) is 0 Å². The molecule has 1 aliphatic rings. The average molecular weight is 358 g/mol. The lowest BCUT2D eigenvalue weighted by molar-refractivity contribution is -0.114. The topological polar surface area (TPSA) is 55.8 Å². The zero-order valence-electron chi connectivity index (χ0n) is 16.6. The molecule has 2 atom stereocenters. The largest absolute Gasteiger partial charge is 0.444 e. The van der Waals surface area contributed by atoms with Crippen LogP contribution >= 0.6 is 0 Å². The van der Waals surface area contributed by atoms with Crippen LogP contribution in [0.5, 0.6) is 0 Å². The van der Waals surface area contributed by atoms with Gasteiger partial charge in [-0.05, 0) is 57.7 Å². The van der Waals surface area contributed by atoms with E-state index in [2.05, 4.69) is 33.9 Å². The van der Waals surface area contributed by atoms with Crippen LogP contribution in [-0.2, 0) is 14.0 Å². The number of carbonyl (C=O) groups is 2. The molecule has 0 aromatic rings. The van der Waals surface area contributed by atoms with E-state index < -0.39 is 26.1 Å². The van der Waals surface area contributed by atoms with Gasteiger partial charge >= 0.3 is 6.09 Å². The fourth-order valence-corrected chi connectivity index (χ4v) is 3.53. The van der Waals surface area contributed by atoms with Crippen molar-refractivity contribution >= 4 is 20.7 Å². The lowest BCUT2D eigenvalue weighted by atomic mass is 9.92. The quantitative estimate of drug-likeness (QED) is 0.558. The Bertz CT molecular complexity index is 451. The van der Waals surface area contributed by atoms with Crippen molar-refractivity contribution in [2.24, 2.45) is 5.92 Å². The second kappa shape index (κ2) is 7.56. The van der Waals surface area contributed by atoms with E-state index in [1.165, 1.54) is 0 Å². The summed E-state index contributed by atoms with van der Waals surface area (Å²) in [4.78, 5) is 25.3. The van der Waals surface area contributed by atoms with Crippen molar-refractivity contribution in [3.05, 3.63) is 0 Å². The lowest BCUT2D eigenvalue weighted by Crippen LogP contribution is -2.50. The SMILES string of the molecule is CC(C)(C)OC(=O)N1CC[C@@H](CO[Si](C)(C)C(C)(C)C)C[C@@H]1C=O. The Labute approximate surface area is 148 Å². The molecule has 0 aromatic carbocycles. The standard InChI is InChI=1S/C18H35NO4Si/c1-17(2,3)23-16(21)19-10-9-14(11-15(19)12-20)13-22-24(7,8)18(4,5)6/h12,14-15H,9-11,13H2,1-8H3/t14-,15-/m1/s1. The van der Waals surface area contributed by atoms with Crippen LogP contribution in [0.15, 0.2) is 0 Å². The van der Waals surface area contributed by atoms with E-state index >= 15 is 0 Å². The first-order chi connectivity index (χ1) is 10.8. The Morgan fingerprint density at radius 2 is 1.79 bits per heavy atom. The molecule has 1 fully saturated rings. The van der Waals surface area contributed by atoms with Crippen LogP contribution in [-0.4, -0.2) is 50.4 Å². The van der Waals surface area contributed by atoms with Crippen molar-refractivity contribution in [2.45, 2.75) is 84.2 Å². The minimum Gasteiger partial charge on any atom is -0.444 e. The number of aldehydes is 1. The van der Waals surface area contributed by atoms with E-state index in [1.54, 1.807) is 4.90 Å². The van der Waals surface area contributed by atoms with Crippen molar-refractivity contribution in [3.8, 4) is 0 Å². The maximum absolute atomic E-state index is 12.3. The molecule has 0 aromatic heterocycles. The summed E-state index contributed by atoms with van der Waals surface area (Å²) < 4.78 is 11.7. The highest BCUT2D eigenvalue weighted by molar-refractivity contribution is 6.74. The molecule has 0 N–H and O–H groups in total. The summed E-state index contributed by atoms with van der Waals surface area (Å²) in [5, 5.41) is 0.175. The third kappa shape index (κ3) is 5.88. The summed E-state index contributed by atoms with van der Waals surface area (Å²) in [6, 6.07) is -0.415. The number of nitrogens with zero attached hydrogens (tertiary/aromatic N) is 1. The number of piperidine rings is 1. The normalized spacial score (nSPS) is 23.1. The fourth-order valence-electron chi connectivity index (χ4n) is 2.44. The Kier molecular flexibility index (Phi) is 6.67. The van der Waals surface area contributed by atoms with Crippen molar-refractivity contribution in [1.29, 1.82) is 0 Å². The summed E-state index contributed by atoms with van der Waals surface area (Å²) in [5.41, 5.74) is -0.549. The summed E-state index contributed by atoms with van der Waals surface area (Å²) in [6.45, 7) is 17.9. The zero-order chi connectivity index (χ0) is 18.8. The van der Waals surface area contributed by atoms with Crippen LogP contribution in [0.3, 0.4) is 0 Å². The van der Waals surface area contributed by atoms with Crippen molar-refractivity contribution in [3.63, 3.8) is 0 Å². The Hall–Kier alpha value is -0.883. The van der Waals surface area contributed by atoms with Crippen LogP contribution < -0.4 is 0 Å². The molecule has 0 spiro atoms. The Balaban J connectivity index is 2.62. The molecule has 5 nitrogen and oxygen atoms in total. The number of hydrogen-bond acceptors (Lipinski definition) is 4. The summed E-state index contributed by atoms with van der Waals surface area (Å²) in [6.07, 6.45) is 1.96. The number of ether oxygens (including phenoxy) is 1. The van der Waals surface area contributed by atoms with Crippen LogP contribution in [0.4, 0.5) is 4.79 Å². The molecule has 0 saturated carbocycles. The average Bonchev–Trinajstić information content (AvgIpc) is 2.41. The summed E-state index contributed by atoms with van der Waals surface area (Å²) in [7, 11) is -1.79. The van der Waals surface area contributed by atoms with E-state index in [-0.39, 0.29) is 5.04 Å². The number of hydrogen-bond donors (Lipinski definition) is 0. The first kappa shape index (κ1) is 21.2. The third-order valence-corrected chi connectivity index (χ3v) is 9.53. The highest BCUT2D eigenvalue weighted by Gasteiger charge is 2.39. The molecule has 0 radical (unpaired) electrons. The van der Waals surface area contributed by atoms with Gasteiger partial charge in [0, 0.05) is 13.2 Å². The molecule has 140 valence electrons. The molecule has 1 saturated heterocycles. The van der Waals surface area contributed by atoms with Crippen LogP contribution in [0.25, 0.3) is 0 Å². The van der Waals surface area contributed by atoms with E-state index in [0.717, 1.165) is 12.7 Å². The van der Waals surface area contributed by atoms with Gasteiger partial charge in [-0.3, -0.25) is 4.90 Å². The second-order valence-electron chi connectivity index (χ2n) is 9.34. The highest BCUT2D eigenvalue weighted by atomic mass is 28.4. The molecule has 0 aliphatic carbocycles. The molecular weight excluding hydrogens is 322 g/mol. The van der Waals surface area contributed by atoms with Crippen molar-refractivity contribution in [1.82, 2.24) is 4.90 Å². The number of rotatable bonds is 4. The number of carbonyl (C=O) groups excluding carboxylic acids is 2. The van der Waals surface area contributed by atoms with Gasteiger partial charge < -0.3 is 14.0 Å². The molecule has 0 unspecified atom stereocenters. The van der Waals surface area contributed by atoms with Crippen LogP contribution in [0.2, 0.25) is 18.1 Å². The van der Waals surface area contributed by atoms with Crippen LogP contribution in [0.1, 0.15) is 54.4 Å². The van der Waals surface area contributed by atoms with E-state index in [9.17, 15) is 9.59 Å². The molecule has 1 aliphatic heterocycles. The first-order valence-electron chi connectivity index (χ1n) is 8.86. The molecule has 0 bridgehead atoms. The molecular formula is C18H35NO4Si. The molecule has 1 amide bonds. The van der Waals surface area contributed by atoms with Gasteiger partial charge in [0.05, 0.1) is 6.04 Å². The van der Waals surface area contributed by atoms with Crippen molar-refractivity contribution in [2.75, 3.05) is 13.2 Å². The summed E-state index contributed by atoms with van der Waals surface area (Å²) in [5.74, 6) is 0.313.